The number of methoxy groups -OCH3 is 1. The second-order valence-electron chi connectivity index (χ2n) is 6.52. The van der Waals surface area contributed by atoms with E-state index >= 15 is 0 Å². The molecule has 0 fully saturated rings. The molecular weight excluding hydrogens is 438 g/mol. The molecular formula is C20H19N5O4S2. The fourth-order valence-corrected chi connectivity index (χ4v) is 4.09. The van der Waals surface area contributed by atoms with Gasteiger partial charge in [0.2, 0.25) is 15.9 Å². The molecule has 0 aliphatic heterocycles. The van der Waals surface area contributed by atoms with Gasteiger partial charge in [-0.25, -0.2) is 23.1 Å². The largest absolute Gasteiger partial charge is 0.481 e. The Bertz CT molecular complexity index is 1250. The molecule has 0 bridgehead atoms. The molecule has 11 heteroatoms. The quantitative estimate of drug-likeness (QED) is 0.574. The van der Waals surface area contributed by atoms with Gasteiger partial charge >= 0.3 is 0 Å². The fraction of sp³-hybridized carbons (Fsp3) is 0.200. The number of hydrogen-bond acceptors (Lipinski definition) is 9. The lowest BCUT2D eigenvalue weighted by Gasteiger charge is -2.22. The number of nitriles is 1. The molecule has 1 amide bonds. The highest BCUT2D eigenvalue weighted by atomic mass is 32.2. The van der Waals surface area contributed by atoms with Crippen molar-refractivity contribution in [2.24, 2.45) is 0 Å². The van der Waals surface area contributed by atoms with Gasteiger partial charge < -0.3 is 9.64 Å². The number of carbonyl (C=O) groups excluding carboxylic acids is 1. The maximum atomic E-state index is 12.3. The molecule has 1 N–H and O–H groups in total. The third-order valence-electron chi connectivity index (χ3n) is 4.13. The minimum atomic E-state index is -3.72. The van der Waals surface area contributed by atoms with E-state index in [0.29, 0.717) is 33.7 Å². The van der Waals surface area contributed by atoms with Crippen LogP contribution in [-0.2, 0) is 16.6 Å². The zero-order chi connectivity index (χ0) is 22.6. The second-order valence-corrected chi connectivity index (χ2v) is 9.45. The summed E-state index contributed by atoms with van der Waals surface area (Å²) in [6.07, 6.45) is 0.908. The number of thiazole rings is 1. The first-order chi connectivity index (χ1) is 14.7. The van der Waals surface area contributed by atoms with E-state index in [0.717, 1.165) is 11.9 Å². The van der Waals surface area contributed by atoms with Crippen molar-refractivity contribution in [3.63, 3.8) is 0 Å². The zero-order valence-corrected chi connectivity index (χ0v) is 18.6. The van der Waals surface area contributed by atoms with Crippen molar-refractivity contribution in [2.45, 2.75) is 13.5 Å². The molecule has 3 aromatic rings. The number of benzene rings is 1. The van der Waals surface area contributed by atoms with E-state index in [1.54, 1.807) is 37.3 Å². The summed E-state index contributed by atoms with van der Waals surface area (Å²) >= 11 is 1.25. The molecule has 160 valence electrons. The van der Waals surface area contributed by atoms with E-state index in [1.807, 2.05) is 21.8 Å². The Kier molecular flexibility index (Phi) is 6.53. The molecule has 0 aliphatic rings. The smallest absolute Gasteiger partial charge is 0.284 e. The van der Waals surface area contributed by atoms with Crippen LogP contribution >= 0.6 is 11.3 Å². The summed E-state index contributed by atoms with van der Waals surface area (Å²) in [5.41, 5.74) is 1.96. The van der Waals surface area contributed by atoms with Crippen LogP contribution in [0.3, 0.4) is 0 Å². The van der Waals surface area contributed by atoms with Crippen molar-refractivity contribution in [2.75, 3.05) is 18.3 Å². The number of nitrogens with zero attached hydrogens (tertiary/aromatic N) is 4. The van der Waals surface area contributed by atoms with Crippen molar-refractivity contribution in [1.29, 1.82) is 5.26 Å². The van der Waals surface area contributed by atoms with E-state index in [2.05, 4.69) is 16.0 Å². The molecule has 0 radical (unpaired) electrons. The maximum absolute atomic E-state index is 12.3. The third-order valence-corrected chi connectivity index (χ3v) is 5.68. The van der Waals surface area contributed by atoms with Gasteiger partial charge in [0.05, 0.1) is 37.2 Å². The number of carbonyl (C=O) groups is 1. The minimum absolute atomic E-state index is 0.0303. The number of amides is 1. The van der Waals surface area contributed by atoms with Gasteiger partial charge in [0, 0.05) is 16.6 Å². The molecule has 31 heavy (non-hydrogen) atoms. The maximum Gasteiger partial charge on any atom is 0.284 e. The van der Waals surface area contributed by atoms with E-state index in [4.69, 9.17) is 10.00 Å². The molecule has 0 spiro atoms. The first-order valence-corrected chi connectivity index (χ1v) is 11.7. The van der Waals surface area contributed by atoms with Crippen molar-refractivity contribution in [3.05, 3.63) is 64.3 Å². The van der Waals surface area contributed by atoms with Gasteiger partial charge in [-0.05, 0) is 37.3 Å². The number of nitrogens with one attached hydrogen (secondary N) is 1. The van der Waals surface area contributed by atoms with Crippen LogP contribution < -0.4 is 14.4 Å². The third kappa shape index (κ3) is 5.56. The van der Waals surface area contributed by atoms with Gasteiger partial charge in [-0.3, -0.25) is 4.79 Å². The molecule has 0 atom stereocenters. The van der Waals surface area contributed by atoms with Gasteiger partial charge in [0.1, 0.15) is 5.69 Å². The number of anilines is 2. The molecule has 9 nitrogen and oxygen atoms in total. The standard InChI is InChI=1S/C20H19N5O4S2/c1-13-18(19(26)24-31(3,27)28)23-20(30-13)25(16-9-7-14(11-21)8-10-16)12-15-5-4-6-17(22-15)29-2/h4-10H,12H2,1-3H3,(H,24,26). The first-order valence-electron chi connectivity index (χ1n) is 8.97. The average Bonchev–Trinajstić information content (AvgIpc) is 3.12. The summed E-state index contributed by atoms with van der Waals surface area (Å²) in [6.45, 7) is 2.00. The molecule has 2 aromatic heterocycles. The Balaban J connectivity index is 2.02. The summed E-state index contributed by atoms with van der Waals surface area (Å²) in [5, 5.41) is 9.56. The Morgan fingerprint density at radius 1 is 1.23 bits per heavy atom. The van der Waals surface area contributed by atoms with Crippen LogP contribution in [0.4, 0.5) is 10.8 Å². The number of rotatable bonds is 7. The zero-order valence-electron chi connectivity index (χ0n) is 17.0. The highest BCUT2D eigenvalue weighted by Crippen LogP contribution is 2.33. The molecule has 0 saturated carbocycles. The predicted molar refractivity (Wildman–Crippen MR) is 117 cm³/mol. The van der Waals surface area contributed by atoms with Crippen LogP contribution in [0.25, 0.3) is 0 Å². The summed E-state index contributed by atoms with van der Waals surface area (Å²) in [4.78, 5) is 23.6. The fourth-order valence-electron chi connectivity index (χ4n) is 2.73. The topological polar surface area (TPSA) is 125 Å². The van der Waals surface area contributed by atoms with Gasteiger partial charge in [0.15, 0.2) is 5.13 Å². The van der Waals surface area contributed by atoms with Gasteiger partial charge in [-0.1, -0.05) is 6.07 Å². The lowest BCUT2D eigenvalue weighted by Crippen LogP contribution is -2.30. The van der Waals surface area contributed by atoms with Crippen LogP contribution in [0.1, 0.15) is 26.6 Å². The van der Waals surface area contributed by atoms with E-state index in [9.17, 15) is 13.2 Å². The number of aryl methyl sites for hydroxylation is 1. The second kappa shape index (κ2) is 9.11. The lowest BCUT2D eigenvalue weighted by molar-refractivity contribution is 0.0977. The molecule has 0 aliphatic carbocycles. The number of aromatic nitrogens is 2. The van der Waals surface area contributed by atoms with E-state index < -0.39 is 15.9 Å². The predicted octanol–water partition coefficient (Wildman–Crippen LogP) is 2.75. The van der Waals surface area contributed by atoms with Crippen molar-refractivity contribution in [1.82, 2.24) is 14.7 Å². The normalized spacial score (nSPS) is 10.9. The summed E-state index contributed by atoms with van der Waals surface area (Å²) in [6, 6.07) is 14.4. The van der Waals surface area contributed by atoms with Crippen LogP contribution in [-0.4, -0.2) is 37.7 Å². The first kappa shape index (κ1) is 22.2. The van der Waals surface area contributed by atoms with Crippen molar-refractivity contribution < 1.29 is 17.9 Å². The number of hydrogen-bond donors (Lipinski definition) is 1. The summed E-state index contributed by atoms with van der Waals surface area (Å²) < 4.78 is 30.0. The summed E-state index contributed by atoms with van der Waals surface area (Å²) in [7, 11) is -2.19. The van der Waals surface area contributed by atoms with Crippen LogP contribution in [0.15, 0.2) is 42.5 Å². The summed E-state index contributed by atoms with van der Waals surface area (Å²) in [5.74, 6) is -0.331. The van der Waals surface area contributed by atoms with Crippen molar-refractivity contribution in [3.8, 4) is 11.9 Å². The van der Waals surface area contributed by atoms with Crippen LogP contribution in [0.5, 0.6) is 5.88 Å². The highest BCUT2D eigenvalue weighted by Gasteiger charge is 2.22. The highest BCUT2D eigenvalue weighted by molar-refractivity contribution is 7.89. The Labute approximate surface area is 184 Å². The van der Waals surface area contributed by atoms with E-state index in [1.165, 1.54) is 18.4 Å². The number of pyridine rings is 1. The molecule has 3 rings (SSSR count). The SMILES string of the molecule is COc1cccc(CN(c2ccc(C#N)cc2)c2nc(C(=O)NS(C)(=O)=O)c(C)s2)n1. The van der Waals surface area contributed by atoms with Crippen LogP contribution in [0, 0.1) is 18.3 Å². The minimum Gasteiger partial charge on any atom is -0.481 e. The van der Waals surface area contributed by atoms with Gasteiger partial charge in [0.25, 0.3) is 5.91 Å². The molecule has 2 heterocycles. The molecule has 1 aromatic carbocycles. The van der Waals surface area contributed by atoms with E-state index in [-0.39, 0.29) is 5.69 Å². The van der Waals surface area contributed by atoms with Gasteiger partial charge in [-0.15, -0.1) is 11.3 Å². The average molecular weight is 458 g/mol. The van der Waals surface area contributed by atoms with Crippen LogP contribution in [0.2, 0.25) is 0 Å². The number of sulfonamides is 1. The monoisotopic (exact) mass is 457 g/mol. The van der Waals surface area contributed by atoms with Crippen molar-refractivity contribution >= 4 is 38.1 Å². The van der Waals surface area contributed by atoms with Gasteiger partial charge in [-0.2, -0.15) is 5.26 Å². The lowest BCUT2D eigenvalue weighted by atomic mass is 10.2. The molecule has 0 unspecified atom stereocenters. The number of ether oxygens (including phenoxy) is 1. The molecule has 0 saturated heterocycles. The Morgan fingerprint density at radius 3 is 2.55 bits per heavy atom. The Morgan fingerprint density at radius 2 is 1.94 bits per heavy atom. The Hall–Kier alpha value is -3.49.